The van der Waals surface area contributed by atoms with Crippen LogP contribution in [0.1, 0.15) is 122 Å². The number of likely N-dealkylation sites (N-methyl/N-ethyl adjacent to an activating group) is 2. The number of imide groups is 1. The molecular formula is C48H79N3O14. The van der Waals surface area contributed by atoms with E-state index in [1.54, 1.807) is 72.7 Å². The quantitative estimate of drug-likeness (QED) is 0.159. The molecule has 0 bridgehead atoms. The number of aliphatic hydroxyl groups excluding tert-OH is 3. The molecule has 0 aliphatic carbocycles. The molecule has 0 radical (unpaired) electrons. The van der Waals surface area contributed by atoms with Crippen LogP contribution in [-0.2, 0) is 33.2 Å². The van der Waals surface area contributed by atoms with Crippen LogP contribution in [-0.4, -0.2) is 189 Å². The number of cyclic esters (lactones) is 1. The molecule has 0 unspecified atom stereocenters. The van der Waals surface area contributed by atoms with Gasteiger partial charge in [-0.05, 0) is 113 Å². The van der Waals surface area contributed by atoms with E-state index in [-0.39, 0.29) is 43.5 Å². The van der Waals surface area contributed by atoms with Crippen LogP contribution < -0.4 is 0 Å². The molecule has 17 heteroatoms. The summed E-state index contributed by atoms with van der Waals surface area (Å²) in [4.78, 5) is 45.6. The van der Waals surface area contributed by atoms with Crippen molar-refractivity contribution >= 4 is 17.8 Å². The molecule has 0 spiro atoms. The largest absolute Gasteiger partial charge is 0.459 e. The van der Waals surface area contributed by atoms with E-state index >= 15 is 0 Å². The molecule has 5 rings (SSSR count). The molecule has 1 aromatic rings. The predicted octanol–water partition coefficient (Wildman–Crippen LogP) is 2.96. The van der Waals surface area contributed by atoms with Gasteiger partial charge in [0, 0.05) is 44.6 Å². The first kappa shape index (κ1) is 53.3. The van der Waals surface area contributed by atoms with E-state index < -0.39 is 108 Å². The molecule has 2 amide bonds. The van der Waals surface area contributed by atoms with Gasteiger partial charge in [-0.25, -0.2) is 0 Å². The third-order valence-electron chi connectivity index (χ3n) is 14.9. The second-order valence-corrected chi connectivity index (χ2v) is 20.3. The van der Waals surface area contributed by atoms with Gasteiger partial charge in [0.1, 0.15) is 30.0 Å². The van der Waals surface area contributed by atoms with E-state index in [4.69, 9.17) is 28.4 Å². The third kappa shape index (κ3) is 11.5. The number of aliphatic hydroxyl groups is 5. The van der Waals surface area contributed by atoms with Crippen molar-refractivity contribution in [2.45, 2.75) is 192 Å². The normalized spacial score (nSPS) is 43.0. The summed E-state index contributed by atoms with van der Waals surface area (Å²) < 4.78 is 38.0. The Morgan fingerprint density at radius 1 is 0.892 bits per heavy atom. The zero-order chi connectivity index (χ0) is 48.5. The molecule has 0 saturated carbocycles. The van der Waals surface area contributed by atoms with E-state index in [9.17, 15) is 39.9 Å². The van der Waals surface area contributed by atoms with E-state index in [0.717, 1.165) is 0 Å². The number of hydrogen-bond acceptors (Lipinski definition) is 16. The maximum Gasteiger partial charge on any atom is 0.311 e. The molecule has 18 atom stereocenters. The molecule has 3 saturated heterocycles. The number of rotatable bonds is 11. The van der Waals surface area contributed by atoms with Crippen molar-refractivity contribution in [3.8, 4) is 0 Å². The second kappa shape index (κ2) is 21.3. The van der Waals surface area contributed by atoms with Gasteiger partial charge in [-0.15, -0.1) is 0 Å². The highest BCUT2D eigenvalue weighted by molar-refractivity contribution is 6.21. The molecule has 17 nitrogen and oxygen atoms in total. The van der Waals surface area contributed by atoms with Crippen molar-refractivity contribution in [1.82, 2.24) is 14.7 Å². The van der Waals surface area contributed by atoms with E-state index in [1.165, 1.54) is 18.9 Å². The van der Waals surface area contributed by atoms with Gasteiger partial charge in [0.2, 0.25) is 0 Å². The fraction of sp³-hybridized carbons (Fsp3) is 0.812. The number of benzene rings is 1. The standard InChI is InChI=1S/C48H79N3O14/c1-14-35-48(10,59)39(53)30(6)50(12)25-26(2)23-46(8,58)41(28(4)38(29(5)44(57)63-35)64-36-24-47(9,60-13)40(54)31(7)62-36)65-45-37(52)34(22-27(3)61-45)49(11)20-17-21-51-42(55)32-18-15-16-19-33(32)43(51)56/h15-16,18-19,26-31,34-41,45,52-54,58-59H,14,17,20-25H2,1-13H3/t26-,27-,28+,29-,30-,31+,34+,35-,36+,37-,38+,39-,40+,41-,45+,46-,47-,48-/m1/s1. The Bertz CT molecular complexity index is 1750. The highest BCUT2D eigenvalue weighted by atomic mass is 16.7. The molecule has 4 heterocycles. The van der Waals surface area contributed by atoms with Gasteiger partial charge in [0.05, 0.1) is 52.7 Å². The van der Waals surface area contributed by atoms with Crippen LogP contribution in [0, 0.1) is 17.8 Å². The van der Waals surface area contributed by atoms with Gasteiger partial charge in [0.25, 0.3) is 11.8 Å². The number of nitrogens with zero attached hydrogens (tertiary/aromatic N) is 3. The SMILES string of the molecule is CC[C@H]1OC(=O)[C@H](C)[C@@H](O[C@H]2C[C@@](C)(OC)[C@@H](O)[C@H](C)O2)[C@H](C)[C@@H](O[C@@H]2O[C@H](C)C[C@H](N(C)CCCN3C(=O)c4ccccc4C3=O)[C@H]2O)[C@](C)(O)C[C@@H](C)CN(C)[C@H](C)[C@@H](O)[C@]1(C)O. The lowest BCUT2D eigenvalue weighted by Crippen LogP contribution is -2.61. The van der Waals surface area contributed by atoms with Gasteiger partial charge >= 0.3 is 5.97 Å². The zero-order valence-corrected chi connectivity index (χ0v) is 40.9. The van der Waals surface area contributed by atoms with Crippen molar-refractivity contribution in [2.24, 2.45) is 17.8 Å². The Morgan fingerprint density at radius 2 is 1.51 bits per heavy atom. The lowest BCUT2D eigenvalue weighted by Gasteiger charge is -2.49. The highest BCUT2D eigenvalue weighted by Gasteiger charge is 2.53. The molecule has 65 heavy (non-hydrogen) atoms. The van der Waals surface area contributed by atoms with Crippen LogP contribution >= 0.6 is 0 Å². The van der Waals surface area contributed by atoms with Gasteiger partial charge in [0.15, 0.2) is 12.6 Å². The Kier molecular flexibility index (Phi) is 17.5. The predicted molar refractivity (Wildman–Crippen MR) is 240 cm³/mol. The first-order valence-electron chi connectivity index (χ1n) is 23.5. The summed E-state index contributed by atoms with van der Waals surface area (Å²) in [6, 6.07) is 5.70. The summed E-state index contributed by atoms with van der Waals surface area (Å²) in [5.41, 5.74) is -3.79. The zero-order valence-electron chi connectivity index (χ0n) is 40.9. The fourth-order valence-corrected chi connectivity index (χ4v) is 10.7. The van der Waals surface area contributed by atoms with Crippen molar-refractivity contribution in [3.63, 3.8) is 0 Å². The molecule has 370 valence electrons. The van der Waals surface area contributed by atoms with Gasteiger partial charge in [-0.3, -0.25) is 19.3 Å². The summed E-state index contributed by atoms with van der Waals surface area (Å²) >= 11 is 0. The first-order valence-corrected chi connectivity index (χ1v) is 23.5. The van der Waals surface area contributed by atoms with Crippen molar-refractivity contribution in [1.29, 1.82) is 0 Å². The minimum Gasteiger partial charge on any atom is -0.459 e. The van der Waals surface area contributed by atoms with Crippen molar-refractivity contribution < 1.29 is 68.3 Å². The number of hydrogen-bond donors (Lipinski definition) is 5. The van der Waals surface area contributed by atoms with Crippen LogP contribution in [0.25, 0.3) is 0 Å². The van der Waals surface area contributed by atoms with Crippen LogP contribution in [0.4, 0.5) is 0 Å². The first-order chi connectivity index (χ1) is 30.3. The fourth-order valence-electron chi connectivity index (χ4n) is 10.7. The monoisotopic (exact) mass is 922 g/mol. The van der Waals surface area contributed by atoms with Crippen LogP contribution in [0.3, 0.4) is 0 Å². The summed E-state index contributed by atoms with van der Waals surface area (Å²) in [6.07, 6.45) is -8.92. The molecule has 1 aromatic carbocycles. The topological polar surface area (TPSA) is 217 Å². The van der Waals surface area contributed by atoms with Gasteiger partial charge in [-0.1, -0.05) is 32.9 Å². The van der Waals surface area contributed by atoms with E-state index in [2.05, 4.69) is 0 Å². The number of fused-ring (bicyclic) bond motifs is 1. The summed E-state index contributed by atoms with van der Waals surface area (Å²) in [6.45, 7) is 18.4. The second-order valence-electron chi connectivity index (χ2n) is 20.3. The molecule has 3 fully saturated rings. The van der Waals surface area contributed by atoms with Crippen molar-refractivity contribution in [3.05, 3.63) is 35.4 Å². The summed E-state index contributed by atoms with van der Waals surface area (Å²) in [7, 11) is 5.17. The number of methoxy groups -OCH3 is 1. The lowest BCUT2D eigenvalue weighted by molar-refractivity contribution is -0.318. The Morgan fingerprint density at radius 3 is 2.09 bits per heavy atom. The van der Waals surface area contributed by atoms with Crippen LogP contribution in [0.15, 0.2) is 24.3 Å². The molecule has 4 aliphatic rings. The number of carbonyl (C=O) groups is 3. The average molecular weight is 922 g/mol. The summed E-state index contributed by atoms with van der Waals surface area (Å²) in [5, 5.41) is 59.4. The molecule has 4 aliphatic heterocycles. The Labute approximate surface area is 385 Å². The van der Waals surface area contributed by atoms with Crippen LogP contribution in [0.2, 0.25) is 0 Å². The minimum atomic E-state index is -1.84. The molecular weight excluding hydrogens is 843 g/mol. The number of carbonyl (C=O) groups excluding carboxylic acids is 3. The average Bonchev–Trinajstić information content (AvgIpc) is 3.49. The maximum atomic E-state index is 14.4. The lowest BCUT2D eigenvalue weighted by atomic mass is 9.77. The Hall–Kier alpha value is -2.65. The minimum absolute atomic E-state index is 0.0879. The maximum absolute atomic E-state index is 14.4. The van der Waals surface area contributed by atoms with Crippen molar-refractivity contribution in [2.75, 3.05) is 40.8 Å². The Balaban J connectivity index is 1.47. The van der Waals surface area contributed by atoms with Gasteiger partial charge < -0.3 is 63.8 Å². The van der Waals surface area contributed by atoms with Crippen LogP contribution in [0.5, 0.6) is 0 Å². The summed E-state index contributed by atoms with van der Waals surface area (Å²) in [5.74, 6) is -3.51. The van der Waals surface area contributed by atoms with E-state index in [0.29, 0.717) is 37.1 Å². The number of amides is 2. The van der Waals surface area contributed by atoms with Gasteiger partial charge in [-0.2, -0.15) is 0 Å². The number of esters is 1. The highest BCUT2D eigenvalue weighted by Crippen LogP contribution is 2.40. The number of ether oxygens (including phenoxy) is 6. The van der Waals surface area contributed by atoms with E-state index in [1.807, 2.05) is 37.7 Å². The smallest absolute Gasteiger partial charge is 0.311 e. The molecule has 5 N–H and O–H groups in total. The molecule has 0 aromatic heterocycles. The third-order valence-corrected chi connectivity index (χ3v) is 14.9.